The first-order valence-corrected chi connectivity index (χ1v) is 11.3. The summed E-state index contributed by atoms with van der Waals surface area (Å²) in [4.78, 5) is 25.3. The Hall–Kier alpha value is -2.22. The van der Waals surface area contributed by atoms with E-state index in [4.69, 9.17) is 21.1 Å². The first-order valence-electron chi connectivity index (χ1n) is 9.58. The average Bonchev–Trinajstić information content (AvgIpc) is 2.75. The molecule has 30 heavy (non-hydrogen) atoms. The van der Waals surface area contributed by atoms with E-state index in [0.717, 1.165) is 11.3 Å². The molecule has 2 aromatic carbocycles. The second-order valence-electron chi connectivity index (χ2n) is 6.49. The minimum atomic E-state index is -0.651. The van der Waals surface area contributed by atoms with Crippen LogP contribution < -0.4 is 15.4 Å². The number of benzene rings is 2. The molecule has 2 rings (SSSR count). The van der Waals surface area contributed by atoms with Crippen molar-refractivity contribution in [3.8, 4) is 5.75 Å². The third-order valence-electron chi connectivity index (χ3n) is 4.27. The van der Waals surface area contributed by atoms with Gasteiger partial charge in [-0.25, -0.2) is 0 Å². The Labute approximate surface area is 186 Å². The lowest BCUT2D eigenvalue weighted by molar-refractivity contribution is -0.123. The summed E-state index contributed by atoms with van der Waals surface area (Å²) in [5.74, 6) is 0.847. The summed E-state index contributed by atoms with van der Waals surface area (Å²) in [5, 5.41) is 6.05. The van der Waals surface area contributed by atoms with E-state index < -0.39 is 6.04 Å². The molecule has 8 heteroatoms. The number of halogens is 1. The molecule has 2 aromatic rings. The maximum Gasteiger partial charge on any atom is 0.253 e. The van der Waals surface area contributed by atoms with E-state index >= 15 is 0 Å². The molecule has 0 aliphatic heterocycles. The lowest BCUT2D eigenvalue weighted by Gasteiger charge is -2.19. The van der Waals surface area contributed by atoms with E-state index in [1.165, 1.54) is 0 Å². The Kier molecular flexibility index (Phi) is 10.5. The Morgan fingerprint density at radius 3 is 2.67 bits per heavy atom. The number of hydrogen-bond acceptors (Lipinski definition) is 5. The van der Waals surface area contributed by atoms with E-state index in [0.29, 0.717) is 42.5 Å². The van der Waals surface area contributed by atoms with Crippen molar-refractivity contribution in [2.24, 2.45) is 0 Å². The molecule has 1 unspecified atom stereocenters. The van der Waals surface area contributed by atoms with Gasteiger partial charge in [0.15, 0.2) is 0 Å². The number of nitrogens with one attached hydrogen (secondary N) is 2. The maximum absolute atomic E-state index is 12.8. The van der Waals surface area contributed by atoms with E-state index in [-0.39, 0.29) is 11.8 Å². The van der Waals surface area contributed by atoms with E-state index in [2.05, 4.69) is 10.6 Å². The smallest absolute Gasteiger partial charge is 0.253 e. The number of methoxy groups -OCH3 is 1. The Bertz CT molecular complexity index is 834. The number of thioether (sulfide) groups is 1. The third-order valence-corrected chi connectivity index (χ3v) is 5.25. The van der Waals surface area contributed by atoms with Gasteiger partial charge in [0, 0.05) is 13.7 Å². The maximum atomic E-state index is 12.8. The molecule has 0 bridgehead atoms. The summed E-state index contributed by atoms with van der Waals surface area (Å²) in [6, 6.07) is 13.6. The van der Waals surface area contributed by atoms with Gasteiger partial charge < -0.3 is 20.1 Å². The van der Waals surface area contributed by atoms with E-state index in [9.17, 15) is 9.59 Å². The summed E-state index contributed by atoms with van der Waals surface area (Å²) in [5.41, 5.74) is 1.25. The predicted molar refractivity (Wildman–Crippen MR) is 121 cm³/mol. The van der Waals surface area contributed by atoms with Crippen LogP contribution >= 0.6 is 23.4 Å². The number of amides is 2. The number of ether oxygens (including phenoxy) is 2. The van der Waals surface area contributed by atoms with Crippen LogP contribution in [0.4, 0.5) is 0 Å². The van der Waals surface area contributed by atoms with Crippen LogP contribution in [0.2, 0.25) is 5.02 Å². The molecule has 1 atom stereocenters. The van der Waals surface area contributed by atoms with Crippen molar-refractivity contribution in [3.05, 3.63) is 64.7 Å². The number of rotatable bonds is 12. The fourth-order valence-corrected chi connectivity index (χ4v) is 3.38. The van der Waals surface area contributed by atoms with E-state index in [1.807, 2.05) is 30.5 Å². The zero-order valence-corrected chi connectivity index (χ0v) is 18.7. The molecule has 0 saturated heterocycles. The van der Waals surface area contributed by atoms with Crippen molar-refractivity contribution in [1.29, 1.82) is 0 Å². The van der Waals surface area contributed by atoms with Crippen molar-refractivity contribution in [3.63, 3.8) is 0 Å². The molecular weight excluding hydrogens is 424 g/mol. The zero-order chi connectivity index (χ0) is 21.8. The highest BCUT2D eigenvalue weighted by molar-refractivity contribution is 7.98. The Balaban J connectivity index is 1.97. The minimum absolute atomic E-state index is 0.241. The second kappa shape index (κ2) is 13.2. The van der Waals surface area contributed by atoms with Gasteiger partial charge in [-0.3, -0.25) is 9.59 Å². The molecule has 0 aromatic heterocycles. The molecule has 0 saturated carbocycles. The molecular formula is C22H27ClN2O4S. The number of hydrogen-bond donors (Lipinski definition) is 2. The predicted octanol–water partition coefficient (Wildman–Crippen LogP) is 3.53. The lowest BCUT2D eigenvalue weighted by Crippen LogP contribution is -2.47. The van der Waals surface area contributed by atoms with Crippen LogP contribution in [-0.2, 0) is 16.1 Å². The monoisotopic (exact) mass is 450 g/mol. The molecule has 0 fully saturated rings. The highest BCUT2D eigenvalue weighted by Crippen LogP contribution is 2.16. The normalized spacial score (nSPS) is 11.6. The van der Waals surface area contributed by atoms with Gasteiger partial charge in [0.2, 0.25) is 5.91 Å². The SMILES string of the molecule is COCCOc1cccc(CNC(=O)C(CCSC)NC(=O)c2ccccc2Cl)c1. The number of carbonyl (C=O) groups excluding carboxylic acids is 2. The zero-order valence-electron chi connectivity index (χ0n) is 17.2. The van der Waals surface area contributed by atoms with Gasteiger partial charge in [-0.1, -0.05) is 35.9 Å². The average molecular weight is 451 g/mol. The standard InChI is InChI=1S/C22H27ClN2O4S/c1-28-11-12-29-17-7-5-6-16(14-17)15-24-22(27)20(10-13-30-2)25-21(26)18-8-3-4-9-19(18)23/h3-9,14,20H,10-13,15H2,1-2H3,(H,24,27)(H,25,26). The van der Waals surface area contributed by atoms with Crippen molar-refractivity contribution in [1.82, 2.24) is 10.6 Å². The first-order chi connectivity index (χ1) is 14.5. The van der Waals surface area contributed by atoms with Crippen molar-refractivity contribution >= 4 is 35.2 Å². The van der Waals surface area contributed by atoms with Gasteiger partial charge in [0.25, 0.3) is 5.91 Å². The summed E-state index contributed by atoms with van der Waals surface area (Å²) < 4.78 is 10.6. The molecule has 0 heterocycles. The molecule has 2 amide bonds. The van der Waals surface area contributed by atoms with Crippen molar-refractivity contribution in [2.75, 3.05) is 32.3 Å². The summed E-state index contributed by atoms with van der Waals surface area (Å²) in [7, 11) is 1.62. The number of carbonyl (C=O) groups is 2. The van der Waals surface area contributed by atoms with Gasteiger partial charge >= 0.3 is 0 Å². The highest BCUT2D eigenvalue weighted by Gasteiger charge is 2.22. The van der Waals surface area contributed by atoms with Gasteiger partial charge in [0.1, 0.15) is 18.4 Å². The quantitative estimate of drug-likeness (QED) is 0.484. The molecule has 0 radical (unpaired) electrons. The van der Waals surface area contributed by atoms with Crippen molar-refractivity contribution in [2.45, 2.75) is 19.0 Å². The third kappa shape index (κ3) is 7.89. The second-order valence-corrected chi connectivity index (χ2v) is 7.89. The lowest BCUT2D eigenvalue weighted by atomic mass is 10.1. The van der Waals surface area contributed by atoms with Crippen LogP contribution in [0.3, 0.4) is 0 Å². The van der Waals surface area contributed by atoms with Crippen LogP contribution in [0.25, 0.3) is 0 Å². The van der Waals surface area contributed by atoms with Crippen molar-refractivity contribution < 1.29 is 19.1 Å². The minimum Gasteiger partial charge on any atom is -0.491 e. The van der Waals surface area contributed by atoms with Crippen LogP contribution in [0.5, 0.6) is 5.75 Å². The molecule has 0 spiro atoms. The highest BCUT2D eigenvalue weighted by atomic mass is 35.5. The summed E-state index contributed by atoms with van der Waals surface area (Å²) in [6.07, 6.45) is 2.48. The molecule has 6 nitrogen and oxygen atoms in total. The molecule has 2 N–H and O–H groups in total. The van der Waals surface area contributed by atoms with Gasteiger partial charge in [-0.05, 0) is 48.3 Å². The van der Waals surface area contributed by atoms with Gasteiger partial charge in [-0.15, -0.1) is 0 Å². The summed E-state index contributed by atoms with van der Waals surface area (Å²) >= 11 is 7.72. The first kappa shape index (κ1) is 24.1. The largest absolute Gasteiger partial charge is 0.491 e. The van der Waals surface area contributed by atoms with Gasteiger partial charge in [-0.2, -0.15) is 11.8 Å². The van der Waals surface area contributed by atoms with Crippen LogP contribution in [0.15, 0.2) is 48.5 Å². The van der Waals surface area contributed by atoms with Crippen LogP contribution in [-0.4, -0.2) is 50.2 Å². The Morgan fingerprint density at radius 1 is 1.13 bits per heavy atom. The fourth-order valence-electron chi connectivity index (χ4n) is 2.69. The summed E-state index contributed by atoms with van der Waals surface area (Å²) in [6.45, 7) is 1.29. The fraction of sp³-hybridized carbons (Fsp3) is 0.364. The van der Waals surface area contributed by atoms with Gasteiger partial charge in [0.05, 0.1) is 17.2 Å². The molecule has 0 aliphatic rings. The topological polar surface area (TPSA) is 76.7 Å². The Morgan fingerprint density at radius 2 is 1.93 bits per heavy atom. The molecule has 162 valence electrons. The van der Waals surface area contributed by atoms with Crippen LogP contribution in [0, 0.1) is 0 Å². The van der Waals surface area contributed by atoms with E-state index in [1.54, 1.807) is 43.1 Å². The molecule has 0 aliphatic carbocycles. The van der Waals surface area contributed by atoms with Crippen LogP contribution in [0.1, 0.15) is 22.3 Å².